The van der Waals surface area contributed by atoms with E-state index in [4.69, 9.17) is 15.6 Å². The lowest BCUT2D eigenvalue weighted by molar-refractivity contribution is -0.153. The van der Waals surface area contributed by atoms with E-state index < -0.39 is 17.4 Å². The Morgan fingerprint density at radius 2 is 2.24 bits per heavy atom. The van der Waals surface area contributed by atoms with Crippen molar-refractivity contribution in [1.82, 2.24) is 4.90 Å². The third-order valence-electron chi connectivity index (χ3n) is 3.80. The summed E-state index contributed by atoms with van der Waals surface area (Å²) in [6.07, 6.45) is 1.25. The standard InChI is InChI=1S/C11H18N2O4/c1-11(6-17-5-8(11)12)10(16)13-4-2-3-7(13)9(14)15/h7-8H,2-6,12H2,1H3,(H,14,15)/t7-,8?,11?/m1/s1. The van der Waals surface area contributed by atoms with Crippen molar-refractivity contribution in [3.05, 3.63) is 0 Å². The van der Waals surface area contributed by atoms with Crippen molar-refractivity contribution < 1.29 is 19.4 Å². The van der Waals surface area contributed by atoms with Gasteiger partial charge < -0.3 is 20.5 Å². The highest BCUT2D eigenvalue weighted by Crippen LogP contribution is 2.32. The molecule has 2 saturated heterocycles. The minimum Gasteiger partial charge on any atom is -0.480 e. The van der Waals surface area contributed by atoms with Crippen molar-refractivity contribution in [3.8, 4) is 0 Å². The topological polar surface area (TPSA) is 92.9 Å². The fraction of sp³-hybridized carbons (Fsp3) is 0.818. The summed E-state index contributed by atoms with van der Waals surface area (Å²) in [5, 5.41) is 9.07. The van der Waals surface area contributed by atoms with Crippen LogP contribution in [0.1, 0.15) is 19.8 Å². The maximum Gasteiger partial charge on any atom is 0.326 e. The number of nitrogens with two attached hydrogens (primary N) is 1. The molecule has 0 aliphatic carbocycles. The van der Waals surface area contributed by atoms with E-state index in [1.54, 1.807) is 6.92 Å². The molecule has 0 radical (unpaired) electrons. The maximum absolute atomic E-state index is 12.4. The highest BCUT2D eigenvalue weighted by atomic mass is 16.5. The number of nitrogens with zero attached hydrogens (tertiary/aromatic N) is 1. The zero-order valence-electron chi connectivity index (χ0n) is 9.89. The summed E-state index contributed by atoms with van der Waals surface area (Å²) in [7, 11) is 0. The van der Waals surface area contributed by atoms with E-state index in [-0.39, 0.29) is 18.6 Å². The van der Waals surface area contributed by atoms with E-state index in [1.165, 1.54) is 4.90 Å². The Balaban J connectivity index is 2.17. The zero-order chi connectivity index (χ0) is 12.6. The first kappa shape index (κ1) is 12.3. The molecule has 3 atom stereocenters. The minimum absolute atomic E-state index is 0.188. The molecule has 0 aromatic heterocycles. The lowest BCUT2D eigenvalue weighted by Gasteiger charge is -2.32. The van der Waals surface area contributed by atoms with Crippen LogP contribution in [0.5, 0.6) is 0 Å². The van der Waals surface area contributed by atoms with E-state index in [1.807, 2.05) is 0 Å². The number of carboxylic acid groups (broad SMARTS) is 1. The molecular weight excluding hydrogens is 224 g/mol. The first-order valence-electron chi connectivity index (χ1n) is 5.84. The van der Waals surface area contributed by atoms with Gasteiger partial charge in [-0.1, -0.05) is 0 Å². The van der Waals surface area contributed by atoms with Crippen LogP contribution in [0.15, 0.2) is 0 Å². The van der Waals surface area contributed by atoms with Crippen molar-refractivity contribution in [3.63, 3.8) is 0 Å². The van der Waals surface area contributed by atoms with Gasteiger partial charge >= 0.3 is 5.97 Å². The molecule has 0 bridgehead atoms. The smallest absolute Gasteiger partial charge is 0.326 e. The van der Waals surface area contributed by atoms with Gasteiger partial charge in [-0.05, 0) is 19.8 Å². The van der Waals surface area contributed by atoms with Crippen LogP contribution in [0.2, 0.25) is 0 Å². The Morgan fingerprint density at radius 1 is 1.53 bits per heavy atom. The van der Waals surface area contributed by atoms with Crippen LogP contribution >= 0.6 is 0 Å². The fourth-order valence-electron chi connectivity index (χ4n) is 2.50. The summed E-state index contributed by atoms with van der Waals surface area (Å²) in [6, 6.07) is -1.06. The average Bonchev–Trinajstić information content (AvgIpc) is 2.86. The predicted octanol–water partition coefficient (Wildman–Crippen LogP) is -0.574. The summed E-state index contributed by atoms with van der Waals surface area (Å²) in [5.41, 5.74) is 5.10. The van der Waals surface area contributed by atoms with E-state index in [2.05, 4.69) is 0 Å². The van der Waals surface area contributed by atoms with Crippen LogP contribution in [0.4, 0.5) is 0 Å². The van der Waals surface area contributed by atoms with Gasteiger partial charge in [0.25, 0.3) is 0 Å². The molecule has 1 amide bonds. The van der Waals surface area contributed by atoms with Crippen LogP contribution in [0.25, 0.3) is 0 Å². The second-order valence-corrected chi connectivity index (χ2v) is 5.03. The molecule has 0 saturated carbocycles. The van der Waals surface area contributed by atoms with Crippen molar-refractivity contribution in [1.29, 1.82) is 0 Å². The molecule has 6 nitrogen and oxygen atoms in total. The van der Waals surface area contributed by atoms with Gasteiger partial charge in [-0.15, -0.1) is 0 Å². The zero-order valence-corrected chi connectivity index (χ0v) is 9.89. The Labute approximate surface area is 99.7 Å². The van der Waals surface area contributed by atoms with Crippen LogP contribution in [-0.4, -0.2) is 53.7 Å². The summed E-state index contributed by atoms with van der Waals surface area (Å²) in [4.78, 5) is 24.9. The van der Waals surface area contributed by atoms with Gasteiger partial charge in [-0.2, -0.15) is 0 Å². The molecule has 17 heavy (non-hydrogen) atoms. The Bertz CT molecular complexity index is 346. The lowest BCUT2D eigenvalue weighted by atomic mass is 9.84. The van der Waals surface area contributed by atoms with Crippen molar-refractivity contribution in [2.75, 3.05) is 19.8 Å². The number of carboxylic acids is 1. The number of likely N-dealkylation sites (tertiary alicyclic amines) is 1. The molecule has 0 aromatic rings. The van der Waals surface area contributed by atoms with E-state index >= 15 is 0 Å². The summed E-state index contributed by atoms with van der Waals surface area (Å²) in [5.74, 6) is -1.13. The number of hydrogen-bond acceptors (Lipinski definition) is 4. The van der Waals surface area contributed by atoms with E-state index in [0.29, 0.717) is 19.6 Å². The molecule has 2 fully saturated rings. The normalized spacial score (nSPS) is 37.4. The monoisotopic (exact) mass is 242 g/mol. The molecule has 6 heteroatoms. The number of rotatable bonds is 2. The molecule has 2 heterocycles. The third kappa shape index (κ3) is 1.91. The number of amides is 1. The Kier molecular flexibility index (Phi) is 3.09. The van der Waals surface area contributed by atoms with E-state index in [9.17, 15) is 9.59 Å². The maximum atomic E-state index is 12.4. The number of aliphatic carboxylic acids is 1. The molecule has 2 unspecified atom stereocenters. The minimum atomic E-state index is -0.938. The predicted molar refractivity (Wildman–Crippen MR) is 59.3 cm³/mol. The molecule has 0 spiro atoms. The molecular formula is C11H18N2O4. The molecule has 3 N–H and O–H groups in total. The van der Waals surface area contributed by atoms with Crippen LogP contribution in [-0.2, 0) is 14.3 Å². The van der Waals surface area contributed by atoms with Gasteiger partial charge in [0.2, 0.25) is 5.91 Å². The van der Waals surface area contributed by atoms with Crippen LogP contribution < -0.4 is 5.73 Å². The van der Waals surface area contributed by atoms with Crippen molar-refractivity contribution in [2.45, 2.75) is 31.8 Å². The number of hydrogen-bond donors (Lipinski definition) is 2. The first-order chi connectivity index (χ1) is 7.97. The van der Waals surface area contributed by atoms with Gasteiger partial charge in [0, 0.05) is 12.6 Å². The molecule has 2 aliphatic heterocycles. The second-order valence-electron chi connectivity index (χ2n) is 5.03. The van der Waals surface area contributed by atoms with Gasteiger partial charge in [0.05, 0.1) is 18.6 Å². The molecule has 2 rings (SSSR count). The molecule has 0 aromatic carbocycles. The third-order valence-corrected chi connectivity index (χ3v) is 3.80. The number of carbonyl (C=O) groups excluding carboxylic acids is 1. The highest BCUT2D eigenvalue weighted by molar-refractivity contribution is 5.88. The Hall–Kier alpha value is -1.14. The number of carbonyl (C=O) groups is 2. The van der Waals surface area contributed by atoms with Crippen molar-refractivity contribution >= 4 is 11.9 Å². The molecule has 2 aliphatic rings. The van der Waals surface area contributed by atoms with Crippen LogP contribution in [0, 0.1) is 5.41 Å². The van der Waals surface area contributed by atoms with Gasteiger partial charge in [-0.25, -0.2) is 4.79 Å². The Morgan fingerprint density at radius 3 is 2.76 bits per heavy atom. The SMILES string of the molecule is CC1(C(=O)N2CCC[C@@H]2C(=O)O)COCC1N. The second kappa shape index (κ2) is 4.27. The van der Waals surface area contributed by atoms with Gasteiger partial charge in [-0.3, -0.25) is 4.79 Å². The van der Waals surface area contributed by atoms with Gasteiger partial charge in [0.1, 0.15) is 6.04 Å². The number of ether oxygens (including phenoxy) is 1. The summed E-state index contributed by atoms with van der Waals surface area (Å²) >= 11 is 0. The summed E-state index contributed by atoms with van der Waals surface area (Å²) < 4.78 is 5.23. The largest absolute Gasteiger partial charge is 0.480 e. The lowest BCUT2D eigenvalue weighted by Crippen LogP contribution is -2.54. The van der Waals surface area contributed by atoms with Gasteiger partial charge in [0.15, 0.2) is 0 Å². The average molecular weight is 242 g/mol. The molecule has 96 valence electrons. The fourth-order valence-corrected chi connectivity index (χ4v) is 2.50. The van der Waals surface area contributed by atoms with Crippen molar-refractivity contribution in [2.24, 2.45) is 11.1 Å². The summed E-state index contributed by atoms with van der Waals surface area (Å²) in [6.45, 7) is 2.88. The highest BCUT2D eigenvalue weighted by Gasteiger charge is 2.49. The first-order valence-corrected chi connectivity index (χ1v) is 5.84. The van der Waals surface area contributed by atoms with Crippen LogP contribution in [0.3, 0.4) is 0 Å². The van der Waals surface area contributed by atoms with E-state index in [0.717, 1.165) is 6.42 Å². The quantitative estimate of drug-likeness (QED) is 0.676.